The fourth-order valence-corrected chi connectivity index (χ4v) is 9.00. The lowest BCUT2D eigenvalue weighted by Crippen LogP contribution is -2.60. The van der Waals surface area contributed by atoms with E-state index in [1.165, 1.54) is 11.0 Å². The van der Waals surface area contributed by atoms with Gasteiger partial charge in [0.05, 0.1) is 23.9 Å². The van der Waals surface area contributed by atoms with E-state index in [9.17, 15) is 27.6 Å². The van der Waals surface area contributed by atoms with E-state index in [1.807, 2.05) is 54.6 Å². The normalized spacial score (nSPS) is 27.3. The molecule has 1 aromatic heterocycles. The third-order valence-electron chi connectivity index (χ3n) is 11.6. The predicted octanol–water partition coefficient (Wildman–Crippen LogP) is 4.23. The first-order chi connectivity index (χ1) is 26.6. The van der Waals surface area contributed by atoms with Crippen molar-refractivity contribution in [2.24, 2.45) is 16.7 Å². The molecule has 0 radical (unpaired) electrons. The molecule has 2 aromatic carbocycles. The quantitative estimate of drug-likeness (QED) is 0.306. The minimum Gasteiger partial charge on any atom is -0.493 e. The number of pyridine rings is 1. The van der Waals surface area contributed by atoms with E-state index in [0.717, 1.165) is 23.8 Å². The lowest BCUT2D eigenvalue weighted by molar-refractivity contribution is -0.142. The van der Waals surface area contributed by atoms with Crippen LogP contribution in [0.3, 0.4) is 0 Å². The van der Waals surface area contributed by atoms with E-state index < -0.39 is 74.1 Å². The van der Waals surface area contributed by atoms with E-state index in [-0.39, 0.29) is 31.4 Å². The molecule has 5 atom stereocenters. The molecule has 5 aliphatic rings. The van der Waals surface area contributed by atoms with Crippen LogP contribution in [0, 0.1) is 16.7 Å². The van der Waals surface area contributed by atoms with Gasteiger partial charge in [-0.15, -0.1) is 6.58 Å². The van der Waals surface area contributed by atoms with Crippen molar-refractivity contribution in [2.45, 2.75) is 88.3 Å². The predicted molar refractivity (Wildman–Crippen MR) is 206 cm³/mol. The summed E-state index contributed by atoms with van der Waals surface area (Å²) in [4.78, 5) is 62.4. The molecular formula is C41H47N5O9S. The van der Waals surface area contributed by atoms with Crippen molar-refractivity contribution in [1.29, 1.82) is 0 Å². The van der Waals surface area contributed by atoms with Gasteiger partial charge in [0.1, 0.15) is 36.1 Å². The highest BCUT2D eigenvalue weighted by Gasteiger charge is 2.62. The Morgan fingerprint density at radius 1 is 1.04 bits per heavy atom. The molecule has 2 unspecified atom stereocenters. The van der Waals surface area contributed by atoms with E-state index in [4.69, 9.17) is 19.2 Å². The van der Waals surface area contributed by atoms with Crippen LogP contribution in [0.25, 0.3) is 22.0 Å². The highest BCUT2D eigenvalue weighted by molar-refractivity contribution is 7.91. The molecule has 4 amide bonds. The van der Waals surface area contributed by atoms with Crippen molar-refractivity contribution in [1.82, 2.24) is 25.2 Å². The Morgan fingerprint density at radius 3 is 2.48 bits per heavy atom. The number of nitrogens with zero attached hydrogens (tertiary/aromatic N) is 2. The molecule has 15 heteroatoms. The second kappa shape index (κ2) is 13.8. The van der Waals surface area contributed by atoms with Gasteiger partial charge >= 0.3 is 6.09 Å². The number of alkyl carbamates (subject to hydrolysis) is 1. The van der Waals surface area contributed by atoms with Crippen LogP contribution in [0.2, 0.25) is 0 Å². The van der Waals surface area contributed by atoms with Crippen molar-refractivity contribution in [3.8, 4) is 22.8 Å². The van der Waals surface area contributed by atoms with Crippen molar-refractivity contribution in [3.05, 3.63) is 67.3 Å². The molecule has 4 fully saturated rings. The van der Waals surface area contributed by atoms with E-state index in [1.54, 1.807) is 20.8 Å². The summed E-state index contributed by atoms with van der Waals surface area (Å²) in [7, 11) is -3.91. The summed E-state index contributed by atoms with van der Waals surface area (Å²) in [5.41, 5.74) is -0.601. The molecule has 3 N–H and O–H groups in total. The first-order valence-electron chi connectivity index (χ1n) is 19.1. The average molecular weight is 786 g/mol. The molecule has 1 spiro atoms. The van der Waals surface area contributed by atoms with Gasteiger partial charge in [0.25, 0.3) is 5.91 Å². The topological polar surface area (TPSA) is 182 Å². The van der Waals surface area contributed by atoms with Crippen molar-refractivity contribution in [3.63, 3.8) is 0 Å². The molecule has 14 nitrogen and oxygen atoms in total. The number of rotatable bonds is 6. The highest BCUT2D eigenvalue weighted by atomic mass is 32.2. The zero-order chi connectivity index (χ0) is 39.6. The number of para-hydroxylation sites is 1. The number of fused-ring (bicyclic) bond motifs is 7. The zero-order valence-electron chi connectivity index (χ0n) is 31.7. The fourth-order valence-electron chi connectivity index (χ4n) is 7.64. The summed E-state index contributed by atoms with van der Waals surface area (Å²) in [6.45, 7) is 9.57. The number of hydrogen-bond donors (Lipinski definition) is 3. The minimum absolute atomic E-state index is 0.00925. The third-order valence-corrected chi connectivity index (χ3v) is 13.4. The van der Waals surface area contributed by atoms with E-state index in [0.29, 0.717) is 42.2 Å². The van der Waals surface area contributed by atoms with Gasteiger partial charge in [0.15, 0.2) is 0 Å². The van der Waals surface area contributed by atoms with Crippen LogP contribution in [0.4, 0.5) is 4.79 Å². The van der Waals surface area contributed by atoms with Crippen LogP contribution in [-0.2, 0) is 29.1 Å². The molecular weight excluding hydrogens is 739 g/mol. The third kappa shape index (κ3) is 7.40. The number of ether oxygens (including phenoxy) is 3. The number of nitrogens with one attached hydrogen (secondary N) is 3. The van der Waals surface area contributed by atoms with Gasteiger partial charge in [-0.3, -0.25) is 19.1 Å². The number of hydrogen-bond acceptors (Lipinski definition) is 10. The number of amides is 4. The number of carbonyl (C=O) groups excluding carboxylic acids is 4. The van der Waals surface area contributed by atoms with Gasteiger partial charge in [-0.1, -0.05) is 57.2 Å². The smallest absolute Gasteiger partial charge is 0.407 e. The Bertz CT molecular complexity index is 2230. The van der Waals surface area contributed by atoms with Crippen molar-refractivity contribution in [2.75, 3.05) is 19.8 Å². The van der Waals surface area contributed by atoms with Crippen LogP contribution >= 0.6 is 0 Å². The summed E-state index contributed by atoms with van der Waals surface area (Å²) in [5, 5.41) is 5.83. The SMILES string of the molecule is C=C[C@@H]1CC1(NC(=O)[C@@H]1CC2CN1C(=O)[C@H](C(C)(C)C)NC(=O)OCC1(CC1)COc1cccc(c1)-c1cc3ccccc3nc1O2)C(=O)NS(=O)(=O)C1CC1. The van der Waals surface area contributed by atoms with Gasteiger partial charge in [0.2, 0.25) is 27.7 Å². The standard InChI is InChI=1S/C41H47N5O9S/c1-5-26-20-41(26,37(49)45-56(51,52)29-13-14-29)44-34(47)32-19-28-21-46(32)36(48)33(39(2,3)4)43-38(50)54-23-40(15-16-40)22-53-27-11-8-10-24(17-27)30-18-25-9-6-7-12-31(25)42-35(30)55-28/h5-12,17-18,26,28-29,32-33H,1,13-16,19-23H2,2-4H3,(H,43,50)(H,44,47)(H,45,49)/t26-,28?,32+,33-,41?/m1/s1. The molecule has 2 aliphatic heterocycles. The molecule has 3 saturated carbocycles. The first kappa shape index (κ1) is 37.7. The molecule has 3 aromatic rings. The maximum Gasteiger partial charge on any atom is 0.407 e. The largest absolute Gasteiger partial charge is 0.493 e. The van der Waals surface area contributed by atoms with Crippen LogP contribution in [-0.4, -0.2) is 90.9 Å². The van der Waals surface area contributed by atoms with Crippen LogP contribution in [0.1, 0.15) is 59.3 Å². The lowest BCUT2D eigenvalue weighted by Gasteiger charge is -2.35. The van der Waals surface area contributed by atoms with Crippen LogP contribution < -0.4 is 24.8 Å². The number of sulfonamides is 1. The van der Waals surface area contributed by atoms with Gasteiger partial charge in [-0.25, -0.2) is 18.2 Å². The monoisotopic (exact) mass is 785 g/mol. The molecule has 4 bridgehead atoms. The van der Waals surface area contributed by atoms with Gasteiger partial charge in [0, 0.05) is 28.7 Å². The number of carbonyl (C=O) groups is 4. The highest BCUT2D eigenvalue weighted by Crippen LogP contribution is 2.47. The Morgan fingerprint density at radius 2 is 1.79 bits per heavy atom. The molecule has 1 saturated heterocycles. The number of cyclic esters (lactones) is 1. The molecule has 56 heavy (non-hydrogen) atoms. The Hall–Kier alpha value is -5.18. The average Bonchev–Trinajstić information content (AvgIpc) is 4.08. The number of benzene rings is 2. The molecule has 3 heterocycles. The number of aromatic nitrogens is 1. The Balaban J connectivity index is 1.16. The second-order valence-corrected chi connectivity index (χ2v) is 19.0. The van der Waals surface area contributed by atoms with Crippen LogP contribution in [0.15, 0.2) is 67.3 Å². The van der Waals surface area contributed by atoms with Crippen molar-refractivity contribution < 1.29 is 41.8 Å². The zero-order valence-corrected chi connectivity index (χ0v) is 32.5. The Labute approximate surface area is 325 Å². The molecule has 296 valence electrons. The first-order valence-corrected chi connectivity index (χ1v) is 20.7. The van der Waals surface area contributed by atoms with Gasteiger partial charge < -0.3 is 29.7 Å². The van der Waals surface area contributed by atoms with E-state index in [2.05, 4.69) is 21.9 Å². The fraction of sp³-hybridized carbons (Fsp3) is 0.488. The maximum absolute atomic E-state index is 14.7. The summed E-state index contributed by atoms with van der Waals surface area (Å²) < 4.78 is 46.4. The lowest BCUT2D eigenvalue weighted by atomic mass is 9.85. The molecule has 8 rings (SSSR count). The van der Waals surface area contributed by atoms with Gasteiger partial charge in [-0.2, -0.15) is 0 Å². The molecule has 3 aliphatic carbocycles. The summed E-state index contributed by atoms with van der Waals surface area (Å²) in [6, 6.07) is 14.9. The van der Waals surface area contributed by atoms with Crippen LogP contribution in [0.5, 0.6) is 11.6 Å². The summed E-state index contributed by atoms with van der Waals surface area (Å²) in [5.74, 6) is -1.66. The summed E-state index contributed by atoms with van der Waals surface area (Å²) >= 11 is 0. The van der Waals surface area contributed by atoms with E-state index >= 15 is 0 Å². The minimum atomic E-state index is -3.91. The van der Waals surface area contributed by atoms with Gasteiger partial charge in [-0.05, 0) is 67.3 Å². The van der Waals surface area contributed by atoms with Crippen molar-refractivity contribution >= 4 is 44.7 Å². The summed E-state index contributed by atoms with van der Waals surface area (Å²) in [6.07, 6.45) is 2.65. The second-order valence-electron chi connectivity index (χ2n) is 17.0. The maximum atomic E-state index is 14.7. The Kier molecular flexibility index (Phi) is 9.29.